The van der Waals surface area contributed by atoms with Gasteiger partial charge in [-0.1, -0.05) is 6.92 Å². The van der Waals surface area contributed by atoms with E-state index in [0.29, 0.717) is 25.3 Å². The lowest BCUT2D eigenvalue weighted by molar-refractivity contribution is -0.177. The number of carboxylic acids is 1. The number of nitrogens with two attached hydrogens (primary N) is 3. The van der Waals surface area contributed by atoms with Crippen LogP contribution in [0, 0.1) is 11.8 Å². The van der Waals surface area contributed by atoms with Crippen molar-refractivity contribution >= 4 is 41.9 Å². The van der Waals surface area contributed by atoms with E-state index in [1.54, 1.807) is 0 Å². The van der Waals surface area contributed by atoms with Crippen molar-refractivity contribution in [1.29, 1.82) is 0 Å². The highest BCUT2D eigenvalue weighted by Crippen LogP contribution is 2.36. The van der Waals surface area contributed by atoms with E-state index in [4.69, 9.17) is 22.3 Å². The molecule has 176 valence electrons. The third kappa shape index (κ3) is 4.99. The molecule has 1 unspecified atom stereocenters. The summed E-state index contributed by atoms with van der Waals surface area (Å²) in [5.74, 6) is -4.53. The van der Waals surface area contributed by atoms with Crippen LogP contribution in [0.1, 0.15) is 39.0 Å². The second-order valence-corrected chi connectivity index (χ2v) is 8.01. The molecule has 0 aromatic carbocycles. The summed E-state index contributed by atoms with van der Waals surface area (Å²) in [5.41, 5.74) is 14.7. The predicted octanol–water partition coefficient (Wildman–Crippen LogP) is -1.54. The number of carbonyl (C=O) groups excluding carboxylic acids is 4. The summed E-state index contributed by atoms with van der Waals surface area (Å²) in [6.07, 6.45) is 2.31. The molecule has 2 atom stereocenters. The van der Waals surface area contributed by atoms with Crippen molar-refractivity contribution in [3.8, 4) is 0 Å². The van der Waals surface area contributed by atoms with E-state index in [1.165, 1.54) is 6.92 Å². The zero-order valence-electron chi connectivity index (χ0n) is 17.6. The lowest BCUT2D eigenvalue weighted by atomic mass is 9.78. The van der Waals surface area contributed by atoms with Gasteiger partial charge in [-0.3, -0.25) is 24.0 Å². The van der Waals surface area contributed by atoms with E-state index in [1.807, 2.05) is 0 Å². The van der Waals surface area contributed by atoms with Crippen LogP contribution in [0.15, 0.2) is 0 Å². The molecule has 1 saturated heterocycles. The van der Waals surface area contributed by atoms with Gasteiger partial charge in [-0.2, -0.15) is 0 Å². The first-order valence-corrected chi connectivity index (χ1v) is 10.2. The van der Waals surface area contributed by atoms with Gasteiger partial charge in [0.1, 0.15) is 12.6 Å². The largest absolute Gasteiger partial charge is 0.480 e. The summed E-state index contributed by atoms with van der Waals surface area (Å²) in [4.78, 5) is 65.1. The summed E-state index contributed by atoms with van der Waals surface area (Å²) in [7, 11) is 0. The molecule has 0 aromatic heterocycles. The van der Waals surface area contributed by atoms with Gasteiger partial charge in [-0.25, -0.2) is 0 Å². The number of nitrogens with zero attached hydrogens (tertiary/aromatic N) is 2. The number of ketones is 1. The highest BCUT2D eigenvalue weighted by molar-refractivity contribution is 6.14. The van der Waals surface area contributed by atoms with E-state index in [0.717, 1.165) is 22.6 Å². The van der Waals surface area contributed by atoms with Crippen LogP contribution < -0.4 is 17.2 Å². The molecule has 1 aliphatic heterocycles. The van der Waals surface area contributed by atoms with Crippen LogP contribution in [-0.2, 0) is 24.0 Å². The van der Waals surface area contributed by atoms with Crippen LogP contribution in [0.25, 0.3) is 0 Å². The summed E-state index contributed by atoms with van der Waals surface area (Å²) >= 11 is 0. The van der Waals surface area contributed by atoms with Gasteiger partial charge < -0.3 is 32.1 Å². The number of piperazine rings is 1. The maximum Gasteiger partial charge on any atom is 0.323 e. The Morgan fingerprint density at radius 2 is 1.71 bits per heavy atom. The van der Waals surface area contributed by atoms with E-state index in [-0.39, 0.29) is 25.4 Å². The minimum absolute atomic E-state index is 0. The molecule has 0 aromatic rings. The molecule has 12 heteroatoms. The fraction of sp³-hybridized carbons (Fsp3) is 0.737. The fourth-order valence-corrected chi connectivity index (χ4v) is 4.59. The van der Waals surface area contributed by atoms with E-state index in [9.17, 15) is 24.0 Å². The van der Waals surface area contributed by atoms with Gasteiger partial charge in [-0.15, -0.1) is 12.4 Å². The molecule has 2 fully saturated rings. The van der Waals surface area contributed by atoms with E-state index >= 15 is 0 Å². The molecule has 1 heterocycles. The molecular formula is C19H32ClN5O6. The summed E-state index contributed by atoms with van der Waals surface area (Å²) in [5, 5.41) is 9.16. The smallest absolute Gasteiger partial charge is 0.323 e. The molecule has 0 spiro atoms. The highest BCUT2D eigenvalue weighted by atomic mass is 35.5. The number of carboxylic acid groups (broad SMARTS) is 1. The minimum atomic E-state index is -2.13. The Kier molecular flexibility index (Phi) is 9.40. The van der Waals surface area contributed by atoms with Gasteiger partial charge in [0.2, 0.25) is 11.4 Å². The van der Waals surface area contributed by atoms with Crippen molar-refractivity contribution in [3.63, 3.8) is 0 Å². The van der Waals surface area contributed by atoms with Gasteiger partial charge in [0.15, 0.2) is 5.78 Å². The topological polar surface area (TPSA) is 190 Å². The minimum Gasteiger partial charge on any atom is -0.480 e. The second kappa shape index (κ2) is 10.9. The monoisotopic (exact) mass is 461 g/mol. The van der Waals surface area contributed by atoms with Crippen molar-refractivity contribution in [2.45, 2.75) is 50.6 Å². The number of Topliss-reactive ketones (excluding diaryl/α,β-unsaturated/α-hetero) is 1. The van der Waals surface area contributed by atoms with Crippen LogP contribution in [0.5, 0.6) is 0 Å². The summed E-state index contributed by atoms with van der Waals surface area (Å²) < 4.78 is 0. The lowest BCUT2D eigenvalue weighted by Gasteiger charge is -2.51. The van der Waals surface area contributed by atoms with Gasteiger partial charge >= 0.3 is 5.97 Å². The molecular weight excluding hydrogens is 430 g/mol. The number of rotatable bonds is 8. The van der Waals surface area contributed by atoms with Gasteiger partial charge in [0.05, 0.1) is 6.54 Å². The normalized spacial score (nSPS) is 28.6. The predicted molar refractivity (Wildman–Crippen MR) is 113 cm³/mol. The van der Waals surface area contributed by atoms with Crippen molar-refractivity contribution in [2.24, 2.45) is 29.0 Å². The van der Waals surface area contributed by atoms with Crippen LogP contribution in [0.4, 0.5) is 0 Å². The van der Waals surface area contributed by atoms with E-state index in [2.05, 4.69) is 0 Å². The van der Waals surface area contributed by atoms with Crippen LogP contribution >= 0.6 is 12.4 Å². The Balaban J connectivity index is 0.00000480. The van der Waals surface area contributed by atoms with Crippen molar-refractivity contribution < 1.29 is 29.1 Å². The molecule has 2 aliphatic rings. The maximum atomic E-state index is 13.5. The number of amides is 3. The Labute approximate surface area is 187 Å². The van der Waals surface area contributed by atoms with Crippen LogP contribution in [-0.4, -0.2) is 82.1 Å². The molecule has 1 saturated carbocycles. The number of primary amides is 1. The van der Waals surface area contributed by atoms with Gasteiger partial charge in [-0.05, 0) is 44.6 Å². The van der Waals surface area contributed by atoms with Crippen molar-refractivity contribution in [1.82, 2.24) is 9.80 Å². The third-order valence-electron chi connectivity index (χ3n) is 6.34. The standard InChI is InChI=1S/C19H31N5O6.ClH/c1-2-19(17(22)29)18(30)23(10-15(26)27)9-13(14(25)8-21)24(19)16(28)12-5-3-11(7-20)4-6-12;/h11-13H,2-10,20-21H2,1H3,(H2,22,29)(H,26,27);1H/t11?,12?,13?,19-;/m0./s1. The average molecular weight is 462 g/mol. The number of halogens is 1. The lowest BCUT2D eigenvalue weighted by Crippen LogP contribution is -2.77. The molecule has 31 heavy (non-hydrogen) atoms. The number of hydrogen-bond donors (Lipinski definition) is 4. The SMILES string of the molecule is CC[C@]1(C(N)=O)C(=O)N(CC(=O)O)CC(C(=O)CN)N1C(=O)C1CCC(CN)CC1.Cl. The molecule has 11 nitrogen and oxygen atoms in total. The number of aliphatic carboxylic acids is 1. The van der Waals surface area contributed by atoms with Crippen LogP contribution in [0.2, 0.25) is 0 Å². The molecule has 1 aliphatic carbocycles. The summed E-state index contributed by atoms with van der Waals surface area (Å²) in [6, 6.07) is -1.24. The molecule has 0 radical (unpaired) electrons. The van der Waals surface area contributed by atoms with Gasteiger partial charge in [0.25, 0.3) is 11.8 Å². The first-order valence-electron chi connectivity index (χ1n) is 10.2. The Morgan fingerprint density at radius 1 is 1.13 bits per heavy atom. The zero-order chi connectivity index (χ0) is 22.6. The quantitative estimate of drug-likeness (QED) is 0.312. The average Bonchev–Trinajstić information content (AvgIpc) is 2.73. The van der Waals surface area contributed by atoms with Crippen LogP contribution in [0.3, 0.4) is 0 Å². The zero-order valence-corrected chi connectivity index (χ0v) is 18.4. The number of hydrogen-bond acceptors (Lipinski definition) is 7. The molecule has 3 amide bonds. The first-order chi connectivity index (χ1) is 14.1. The summed E-state index contributed by atoms with van der Waals surface area (Å²) in [6.45, 7) is 0.526. The van der Waals surface area contributed by atoms with Crippen molar-refractivity contribution in [3.05, 3.63) is 0 Å². The second-order valence-electron chi connectivity index (χ2n) is 8.01. The Hall–Kier alpha value is -2.24. The Bertz CT molecular complexity index is 727. The van der Waals surface area contributed by atoms with E-state index < -0.39 is 60.1 Å². The molecule has 0 bridgehead atoms. The number of carbonyl (C=O) groups is 5. The fourth-order valence-electron chi connectivity index (χ4n) is 4.59. The molecule has 7 N–H and O–H groups in total. The van der Waals surface area contributed by atoms with Crippen molar-refractivity contribution in [2.75, 3.05) is 26.2 Å². The molecule has 2 rings (SSSR count). The maximum absolute atomic E-state index is 13.5. The highest BCUT2D eigenvalue weighted by Gasteiger charge is 2.60. The Morgan fingerprint density at radius 3 is 2.13 bits per heavy atom. The third-order valence-corrected chi connectivity index (χ3v) is 6.34. The van der Waals surface area contributed by atoms with Gasteiger partial charge in [0, 0.05) is 12.5 Å². The first kappa shape index (κ1) is 26.8.